The van der Waals surface area contributed by atoms with Gasteiger partial charge < -0.3 is 15.2 Å². The van der Waals surface area contributed by atoms with Gasteiger partial charge in [0.05, 0.1) is 0 Å². The SMILES string of the molecule is CC1(C)CC(=O)c2cc(C(=O)NC3CCN(C(=O)C4CCCCC4)CC3)c(=O)[nH]c2C1. The third-order valence-electron chi connectivity index (χ3n) is 7.06. The Hall–Kier alpha value is -2.44. The standard InChI is InChI=1S/C24H33N3O4/c1-24(2)13-19-17(20(28)14-24)12-18(22(30)26-19)21(29)25-16-8-10-27(11-9-16)23(31)15-6-4-3-5-7-15/h12,15-16H,3-11,13-14H2,1-2H3,(H,25,29)(H,26,30). The number of carbonyl (C=O) groups excluding carboxylic acids is 3. The Kier molecular flexibility index (Phi) is 6.04. The van der Waals surface area contributed by atoms with E-state index >= 15 is 0 Å². The molecule has 1 aliphatic heterocycles. The van der Waals surface area contributed by atoms with Crippen molar-refractivity contribution < 1.29 is 14.4 Å². The van der Waals surface area contributed by atoms with Crippen molar-refractivity contribution >= 4 is 17.6 Å². The van der Waals surface area contributed by atoms with Crippen molar-refractivity contribution in [1.29, 1.82) is 0 Å². The number of hydrogen-bond donors (Lipinski definition) is 2. The van der Waals surface area contributed by atoms with Crippen LogP contribution < -0.4 is 10.9 Å². The lowest BCUT2D eigenvalue weighted by atomic mass is 9.75. The van der Waals surface area contributed by atoms with Crippen LogP contribution in [-0.4, -0.2) is 46.6 Å². The molecule has 1 saturated heterocycles. The molecule has 0 bridgehead atoms. The normalized spacial score (nSPS) is 22.1. The van der Waals surface area contributed by atoms with Crippen LogP contribution in [-0.2, 0) is 11.2 Å². The Bertz CT molecular complexity index is 935. The Balaban J connectivity index is 1.37. The molecule has 1 aromatic heterocycles. The second kappa shape index (κ2) is 8.60. The van der Waals surface area contributed by atoms with Gasteiger partial charge in [0.1, 0.15) is 5.56 Å². The van der Waals surface area contributed by atoms with Gasteiger partial charge in [0.25, 0.3) is 11.5 Å². The number of rotatable bonds is 3. The van der Waals surface area contributed by atoms with Crippen LogP contribution in [0.15, 0.2) is 10.9 Å². The first-order chi connectivity index (χ1) is 14.7. The zero-order chi connectivity index (χ0) is 22.2. The highest BCUT2D eigenvalue weighted by molar-refractivity contribution is 6.02. The van der Waals surface area contributed by atoms with E-state index in [-0.39, 0.29) is 34.6 Å². The van der Waals surface area contributed by atoms with Gasteiger partial charge >= 0.3 is 0 Å². The predicted molar refractivity (Wildman–Crippen MR) is 117 cm³/mol. The molecule has 0 aromatic carbocycles. The molecule has 2 amide bonds. The number of carbonyl (C=O) groups is 3. The van der Waals surface area contributed by atoms with Gasteiger partial charge in [0.15, 0.2) is 5.78 Å². The summed E-state index contributed by atoms with van der Waals surface area (Å²) in [4.78, 5) is 55.3. The van der Waals surface area contributed by atoms with E-state index in [4.69, 9.17) is 0 Å². The lowest BCUT2D eigenvalue weighted by Gasteiger charge is -2.35. The quantitative estimate of drug-likeness (QED) is 0.775. The first-order valence-corrected chi connectivity index (χ1v) is 11.6. The Labute approximate surface area is 183 Å². The first kappa shape index (κ1) is 21.8. The van der Waals surface area contributed by atoms with Gasteiger partial charge in [0, 0.05) is 42.7 Å². The summed E-state index contributed by atoms with van der Waals surface area (Å²) in [5, 5.41) is 2.94. The molecular weight excluding hydrogens is 394 g/mol. The van der Waals surface area contributed by atoms with Gasteiger partial charge in [-0.25, -0.2) is 0 Å². The average Bonchev–Trinajstić information content (AvgIpc) is 2.73. The number of piperidine rings is 1. The van der Waals surface area contributed by atoms with Crippen LogP contribution in [0.1, 0.15) is 91.6 Å². The average molecular weight is 428 g/mol. The molecule has 2 heterocycles. The minimum Gasteiger partial charge on any atom is -0.349 e. The molecule has 1 aromatic rings. The monoisotopic (exact) mass is 427 g/mol. The van der Waals surface area contributed by atoms with E-state index in [1.807, 2.05) is 18.7 Å². The number of Topliss-reactive ketones (excluding diaryl/α,β-unsaturated/α-hetero) is 1. The first-order valence-electron chi connectivity index (χ1n) is 11.6. The summed E-state index contributed by atoms with van der Waals surface area (Å²) in [6.45, 7) is 5.26. The number of nitrogens with one attached hydrogen (secondary N) is 2. The highest BCUT2D eigenvalue weighted by Crippen LogP contribution is 2.33. The van der Waals surface area contributed by atoms with E-state index in [1.165, 1.54) is 12.5 Å². The topological polar surface area (TPSA) is 99.3 Å². The van der Waals surface area contributed by atoms with Gasteiger partial charge in [-0.15, -0.1) is 0 Å². The summed E-state index contributed by atoms with van der Waals surface area (Å²) in [6.07, 6.45) is 7.86. The fourth-order valence-corrected chi connectivity index (χ4v) is 5.31. The smallest absolute Gasteiger partial charge is 0.261 e. The van der Waals surface area contributed by atoms with E-state index < -0.39 is 11.5 Å². The third kappa shape index (κ3) is 4.75. The third-order valence-corrected chi connectivity index (χ3v) is 7.06. The summed E-state index contributed by atoms with van der Waals surface area (Å²) in [6, 6.07) is 1.39. The van der Waals surface area contributed by atoms with Crippen molar-refractivity contribution in [2.75, 3.05) is 13.1 Å². The molecule has 0 unspecified atom stereocenters. The van der Waals surface area contributed by atoms with E-state index in [2.05, 4.69) is 10.3 Å². The number of nitrogens with zero attached hydrogens (tertiary/aromatic N) is 1. The lowest BCUT2D eigenvalue weighted by molar-refractivity contribution is -0.137. The number of fused-ring (bicyclic) bond motifs is 1. The van der Waals surface area contributed by atoms with Gasteiger partial charge in [-0.1, -0.05) is 33.1 Å². The molecule has 1 saturated carbocycles. The predicted octanol–water partition coefficient (Wildman–Crippen LogP) is 2.83. The molecule has 31 heavy (non-hydrogen) atoms. The molecule has 0 spiro atoms. The number of ketones is 1. The highest BCUT2D eigenvalue weighted by Gasteiger charge is 2.33. The minimum atomic E-state index is -0.452. The second-order valence-corrected chi connectivity index (χ2v) is 10.3. The Morgan fingerprint density at radius 3 is 2.39 bits per heavy atom. The van der Waals surface area contributed by atoms with E-state index in [0.717, 1.165) is 25.7 Å². The number of likely N-dealkylation sites (tertiary alicyclic amines) is 1. The van der Waals surface area contributed by atoms with Crippen molar-refractivity contribution in [2.45, 2.75) is 77.7 Å². The number of aromatic nitrogens is 1. The molecule has 2 aliphatic carbocycles. The van der Waals surface area contributed by atoms with Gasteiger partial charge in [-0.05, 0) is 43.6 Å². The van der Waals surface area contributed by atoms with Crippen LogP contribution in [0.3, 0.4) is 0 Å². The zero-order valence-corrected chi connectivity index (χ0v) is 18.6. The van der Waals surface area contributed by atoms with Crippen LogP contribution in [0, 0.1) is 11.3 Å². The van der Waals surface area contributed by atoms with E-state index in [9.17, 15) is 19.2 Å². The summed E-state index contributed by atoms with van der Waals surface area (Å²) >= 11 is 0. The maximum absolute atomic E-state index is 12.8. The molecule has 168 valence electrons. The highest BCUT2D eigenvalue weighted by atomic mass is 16.2. The van der Waals surface area contributed by atoms with Crippen LogP contribution in [0.4, 0.5) is 0 Å². The Morgan fingerprint density at radius 2 is 1.71 bits per heavy atom. The summed E-state index contributed by atoms with van der Waals surface area (Å²) in [5.74, 6) is -0.0571. The van der Waals surface area contributed by atoms with Crippen LogP contribution in [0.2, 0.25) is 0 Å². The Morgan fingerprint density at radius 1 is 1.03 bits per heavy atom. The summed E-state index contributed by atoms with van der Waals surface area (Å²) in [7, 11) is 0. The van der Waals surface area contributed by atoms with Crippen molar-refractivity contribution in [3.63, 3.8) is 0 Å². The van der Waals surface area contributed by atoms with Crippen molar-refractivity contribution in [2.24, 2.45) is 11.3 Å². The van der Waals surface area contributed by atoms with Crippen LogP contribution in [0.25, 0.3) is 0 Å². The summed E-state index contributed by atoms with van der Waals surface area (Å²) < 4.78 is 0. The van der Waals surface area contributed by atoms with Gasteiger partial charge in [-0.2, -0.15) is 0 Å². The molecule has 0 radical (unpaired) electrons. The number of pyridine rings is 1. The lowest BCUT2D eigenvalue weighted by Crippen LogP contribution is -2.48. The van der Waals surface area contributed by atoms with Gasteiger partial charge in [0.2, 0.25) is 5.91 Å². The van der Waals surface area contributed by atoms with E-state index in [0.29, 0.717) is 50.0 Å². The van der Waals surface area contributed by atoms with E-state index in [1.54, 1.807) is 0 Å². The number of hydrogen-bond acceptors (Lipinski definition) is 4. The van der Waals surface area contributed by atoms with Gasteiger partial charge in [-0.3, -0.25) is 19.2 Å². The maximum atomic E-state index is 12.8. The molecule has 2 fully saturated rings. The molecule has 4 rings (SSSR count). The molecule has 7 nitrogen and oxygen atoms in total. The number of aromatic amines is 1. The molecule has 0 atom stereocenters. The number of amides is 2. The fraction of sp³-hybridized carbons (Fsp3) is 0.667. The van der Waals surface area contributed by atoms with Crippen molar-refractivity contribution in [3.05, 3.63) is 33.2 Å². The summed E-state index contributed by atoms with van der Waals surface area (Å²) in [5.41, 5.74) is 0.424. The zero-order valence-electron chi connectivity index (χ0n) is 18.6. The molecule has 3 aliphatic rings. The molecule has 2 N–H and O–H groups in total. The number of H-pyrrole nitrogens is 1. The maximum Gasteiger partial charge on any atom is 0.261 e. The van der Waals surface area contributed by atoms with Crippen LogP contribution in [0.5, 0.6) is 0 Å². The molecular formula is C24H33N3O4. The minimum absolute atomic E-state index is 0.00693. The van der Waals surface area contributed by atoms with Crippen molar-refractivity contribution in [1.82, 2.24) is 15.2 Å². The van der Waals surface area contributed by atoms with Crippen LogP contribution >= 0.6 is 0 Å². The second-order valence-electron chi connectivity index (χ2n) is 10.3. The fourth-order valence-electron chi connectivity index (χ4n) is 5.31. The largest absolute Gasteiger partial charge is 0.349 e. The van der Waals surface area contributed by atoms with Crippen molar-refractivity contribution in [3.8, 4) is 0 Å². The molecule has 7 heteroatoms.